The van der Waals surface area contributed by atoms with Gasteiger partial charge in [-0.1, -0.05) is 20.8 Å². The summed E-state index contributed by atoms with van der Waals surface area (Å²) in [7, 11) is 0. The Labute approximate surface area is 118 Å². The number of nitrogens with one attached hydrogen (secondary N) is 1. The van der Waals surface area contributed by atoms with E-state index in [4.69, 9.17) is 5.84 Å². The first kappa shape index (κ1) is 14.0. The minimum atomic E-state index is 0.558. The van der Waals surface area contributed by atoms with Gasteiger partial charge in [-0.05, 0) is 30.9 Å². The van der Waals surface area contributed by atoms with Gasteiger partial charge < -0.3 is 5.43 Å². The third kappa shape index (κ3) is 3.52. The molecule has 2 rings (SSSR count). The number of hydrogen-bond donors (Lipinski definition) is 2. The first-order valence-electron chi connectivity index (χ1n) is 6.56. The fourth-order valence-corrected chi connectivity index (χ4v) is 2.77. The Kier molecular flexibility index (Phi) is 4.50. The predicted octanol–water partition coefficient (Wildman–Crippen LogP) is 3.25. The van der Waals surface area contributed by atoms with E-state index in [9.17, 15) is 0 Å². The Morgan fingerprint density at radius 2 is 2.11 bits per heavy atom. The lowest BCUT2D eigenvalue weighted by Gasteiger charge is -2.08. The van der Waals surface area contributed by atoms with Crippen LogP contribution in [0.4, 0.5) is 5.82 Å². The van der Waals surface area contributed by atoms with Crippen LogP contribution in [0, 0.1) is 5.92 Å². The van der Waals surface area contributed by atoms with E-state index >= 15 is 0 Å². The van der Waals surface area contributed by atoms with E-state index in [-0.39, 0.29) is 0 Å². The Hall–Kier alpha value is -1.46. The van der Waals surface area contributed by atoms with Gasteiger partial charge >= 0.3 is 0 Å². The number of hydrogen-bond acceptors (Lipinski definition) is 5. The zero-order valence-corrected chi connectivity index (χ0v) is 12.4. The number of rotatable bonds is 5. The van der Waals surface area contributed by atoms with Gasteiger partial charge in [-0.2, -0.15) is 0 Å². The molecule has 0 aliphatic heterocycles. The molecular weight excluding hydrogens is 256 g/mol. The van der Waals surface area contributed by atoms with Gasteiger partial charge in [-0.3, -0.25) is 0 Å². The van der Waals surface area contributed by atoms with E-state index < -0.39 is 0 Å². The number of anilines is 1. The highest BCUT2D eigenvalue weighted by Crippen LogP contribution is 2.27. The van der Waals surface area contributed by atoms with Crippen molar-refractivity contribution in [3.05, 3.63) is 28.8 Å². The van der Waals surface area contributed by atoms with E-state index in [0.717, 1.165) is 29.2 Å². The van der Waals surface area contributed by atoms with Crippen LogP contribution in [0.15, 0.2) is 18.2 Å². The lowest BCUT2D eigenvalue weighted by atomic mass is 10.1. The van der Waals surface area contributed by atoms with Gasteiger partial charge in [0.25, 0.3) is 0 Å². The predicted molar refractivity (Wildman–Crippen MR) is 81.1 cm³/mol. The lowest BCUT2D eigenvalue weighted by Crippen LogP contribution is -2.11. The number of thiophene rings is 1. The van der Waals surface area contributed by atoms with Gasteiger partial charge in [-0.25, -0.2) is 15.8 Å². The van der Waals surface area contributed by atoms with E-state index in [1.807, 2.05) is 6.07 Å². The molecule has 0 atom stereocenters. The number of nitrogens with two attached hydrogens (primary N) is 1. The molecule has 0 spiro atoms. The molecular formula is C14H20N4S. The molecule has 3 N–H and O–H groups in total. The van der Waals surface area contributed by atoms with Gasteiger partial charge in [0.2, 0.25) is 0 Å². The lowest BCUT2D eigenvalue weighted by molar-refractivity contribution is 0.635. The van der Waals surface area contributed by atoms with E-state index in [1.54, 1.807) is 11.3 Å². The van der Waals surface area contributed by atoms with Crippen LogP contribution in [-0.4, -0.2) is 9.97 Å². The standard InChI is InChI=1S/C14H20N4S/c1-4-11-5-6-12(19-11)14-16-10(7-9(2)3)8-13(17-14)18-15/h5-6,8-9H,4,7,15H2,1-3H3,(H,16,17,18). The summed E-state index contributed by atoms with van der Waals surface area (Å²) in [4.78, 5) is 11.5. The topological polar surface area (TPSA) is 63.8 Å². The summed E-state index contributed by atoms with van der Waals surface area (Å²) < 4.78 is 0. The monoisotopic (exact) mass is 276 g/mol. The molecule has 0 bridgehead atoms. The fourth-order valence-electron chi connectivity index (χ4n) is 1.89. The molecule has 102 valence electrons. The Bertz CT molecular complexity index is 548. The van der Waals surface area contributed by atoms with Crippen molar-refractivity contribution in [1.29, 1.82) is 0 Å². The molecule has 2 heterocycles. The van der Waals surface area contributed by atoms with Crippen LogP contribution in [0.5, 0.6) is 0 Å². The molecule has 0 unspecified atom stereocenters. The maximum absolute atomic E-state index is 5.49. The van der Waals surface area contributed by atoms with Crippen LogP contribution < -0.4 is 11.3 Å². The minimum Gasteiger partial charge on any atom is -0.308 e. The summed E-state index contributed by atoms with van der Waals surface area (Å²) in [5.74, 6) is 7.48. The summed E-state index contributed by atoms with van der Waals surface area (Å²) >= 11 is 1.74. The zero-order chi connectivity index (χ0) is 13.8. The molecule has 0 aliphatic carbocycles. The van der Waals surface area contributed by atoms with Crippen LogP contribution in [0.3, 0.4) is 0 Å². The maximum atomic E-state index is 5.49. The highest BCUT2D eigenvalue weighted by molar-refractivity contribution is 7.15. The molecule has 0 aliphatic rings. The fraction of sp³-hybridized carbons (Fsp3) is 0.429. The van der Waals surface area contributed by atoms with Gasteiger partial charge in [0.15, 0.2) is 5.82 Å². The summed E-state index contributed by atoms with van der Waals surface area (Å²) in [5, 5.41) is 0. The largest absolute Gasteiger partial charge is 0.308 e. The smallest absolute Gasteiger partial charge is 0.171 e. The number of hydrazine groups is 1. The molecule has 19 heavy (non-hydrogen) atoms. The Morgan fingerprint density at radius 1 is 1.32 bits per heavy atom. The van der Waals surface area contributed by atoms with E-state index in [1.165, 1.54) is 4.88 Å². The van der Waals surface area contributed by atoms with Gasteiger partial charge in [0, 0.05) is 16.6 Å². The van der Waals surface area contributed by atoms with Gasteiger partial charge in [0.1, 0.15) is 5.82 Å². The van der Waals surface area contributed by atoms with Crippen LogP contribution >= 0.6 is 11.3 Å². The molecule has 0 radical (unpaired) electrons. The summed E-state index contributed by atoms with van der Waals surface area (Å²) in [6.07, 6.45) is 1.97. The van der Waals surface area contributed by atoms with Crippen LogP contribution in [0.1, 0.15) is 31.3 Å². The number of nitrogen functional groups attached to an aromatic ring is 1. The van der Waals surface area contributed by atoms with Crippen molar-refractivity contribution in [3.8, 4) is 10.7 Å². The second kappa shape index (κ2) is 6.12. The van der Waals surface area contributed by atoms with Crippen molar-refractivity contribution in [2.75, 3.05) is 5.43 Å². The molecule has 0 saturated carbocycles. The minimum absolute atomic E-state index is 0.558. The van der Waals surface area contributed by atoms with Crippen molar-refractivity contribution >= 4 is 17.2 Å². The summed E-state index contributed by atoms with van der Waals surface area (Å²) in [5.41, 5.74) is 3.65. The average molecular weight is 276 g/mol. The summed E-state index contributed by atoms with van der Waals surface area (Å²) in [6.45, 7) is 6.51. The zero-order valence-electron chi connectivity index (χ0n) is 11.6. The van der Waals surface area contributed by atoms with Gasteiger partial charge in [-0.15, -0.1) is 11.3 Å². The van der Waals surface area contributed by atoms with E-state index in [0.29, 0.717) is 11.7 Å². The van der Waals surface area contributed by atoms with Crippen molar-refractivity contribution in [2.24, 2.45) is 11.8 Å². The first-order chi connectivity index (χ1) is 9.12. The second-order valence-electron chi connectivity index (χ2n) is 4.93. The quantitative estimate of drug-likeness (QED) is 0.650. The highest BCUT2D eigenvalue weighted by atomic mass is 32.1. The van der Waals surface area contributed by atoms with Crippen LogP contribution in [0.2, 0.25) is 0 Å². The molecule has 4 nitrogen and oxygen atoms in total. The Balaban J connectivity index is 2.38. The van der Waals surface area contributed by atoms with Crippen LogP contribution in [-0.2, 0) is 12.8 Å². The average Bonchev–Trinajstić information content (AvgIpc) is 2.86. The van der Waals surface area contributed by atoms with Crippen molar-refractivity contribution in [1.82, 2.24) is 9.97 Å². The number of nitrogens with zero attached hydrogens (tertiary/aromatic N) is 2. The van der Waals surface area contributed by atoms with Crippen molar-refractivity contribution in [3.63, 3.8) is 0 Å². The van der Waals surface area contributed by atoms with E-state index in [2.05, 4.69) is 48.3 Å². The highest BCUT2D eigenvalue weighted by Gasteiger charge is 2.10. The summed E-state index contributed by atoms with van der Waals surface area (Å²) in [6, 6.07) is 6.13. The maximum Gasteiger partial charge on any atom is 0.171 e. The molecule has 5 heteroatoms. The molecule has 0 amide bonds. The molecule has 0 saturated heterocycles. The Morgan fingerprint density at radius 3 is 2.68 bits per heavy atom. The third-order valence-corrected chi connectivity index (χ3v) is 4.00. The number of aromatic nitrogens is 2. The molecule has 2 aromatic heterocycles. The second-order valence-corrected chi connectivity index (χ2v) is 6.10. The van der Waals surface area contributed by atoms with Gasteiger partial charge in [0.05, 0.1) is 4.88 Å². The third-order valence-electron chi connectivity index (χ3n) is 2.77. The molecule has 0 fully saturated rings. The molecule has 0 aromatic carbocycles. The normalized spacial score (nSPS) is 11.0. The first-order valence-corrected chi connectivity index (χ1v) is 7.37. The number of aryl methyl sites for hydroxylation is 1. The van der Waals surface area contributed by atoms with Crippen molar-refractivity contribution < 1.29 is 0 Å². The van der Waals surface area contributed by atoms with Crippen molar-refractivity contribution in [2.45, 2.75) is 33.6 Å². The molecule has 2 aromatic rings. The van der Waals surface area contributed by atoms with Crippen LogP contribution in [0.25, 0.3) is 10.7 Å². The SMILES string of the molecule is CCc1ccc(-c2nc(CC(C)C)cc(NN)n2)s1.